The number of urea groups is 1. The van der Waals surface area contributed by atoms with E-state index >= 15 is 0 Å². The molecule has 1 unspecified atom stereocenters. The number of aromatic amines is 1. The van der Waals surface area contributed by atoms with Crippen LogP contribution >= 0.6 is 0 Å². The molecule has 3 N–H and O–H groups in total. The lowest BCUT2D eigenvalue weighted by Gasteiger charge is -2.32. The van der Waals surface area contributed by atoms with E-state index < -0.39 is 46.3 Å². The Bertz CT molecular complexity index is 1190. The fourth-order valence-electron chi connectivity index (χ4n) is 3.74. The Balaban J connectivity index is 1.46. The van der Waals surface area contributed by atoms with E-state index in [-0.39, 0.29) is 17.4 Å². The van der Waals surface area contributed by atoms with Crippen LogP contribution in [0.5, 0.6) is 11.5 Å². The first-order valence-corrected chi connectivity index (χ1v) is 10.7. The molecule has 0 spiro atoms. The Labute approximate surface area is 196 Å². The first-order chi connectivity index (χ1) is 16.6. The Hall–Kier alpha value is -3.45. The van der Waals surface area contributed by atoms with E-state index in [2.05, 4.69) is 25.5 Å². The van der Waals surface area contributed by atoms with Crippen LogP contribution < -0.4 is 15.4 Å². The first kappa shape index (κ1) is 24.7. The van der Waals surface area contributed by atoms with E-state index in [0.717, 1.165) is 37.5 Å². The number of halogens is 5. The number of hydrogen-bond acceptors (Lipinski definition) is 5. The second-order valence-electron chi connectivity index (χ2n) is 7.94. The van der Waals surface area contributed by atoms with Gasteiger partial charge in [-0.1, -0.05) is 0 Å². The van der Waals surface area contributed by atoms with Crippen LogP contribution in [0.2, 0.25) is 0 Å². The molecule has 35 heavy (non-hydrogen) atoms. The summed E-state index contributed by atoms with van der Waals surface area (Å²) in [5.41, 5.74) is -1.43. The van der Waals surface area contributed by atoms with Crippen molar-refractivity contribution >= 4 is 22.8 Å². The molecule has 1 aromatic carbocycles. The van der Waals surface area contributed by atoms with Crippen LogP contribution in [0.15, 0.2) is 30.6 Å². The molecule has 4 rings (SSSR count). The van der Waals surface area contributed by atoms with Crippen LogP contribution in [-0.4, -0.2) is 59.8 Å². The molecule has 2 amide bonds. The summed E-state index contributed by atoms with van der Waals surface area (Å²) in [6, 6.07) is 2.05. The van der Waals surface area contributed by atoms with Gasteiger partial charge in [0.25, 0.3) is 0 Å². The summed E-state index contributed by atoms with van der Waals surface area (Å²) in [4.78, 5) is 20.5. The van der Waals surface area contributed by atoms with Crippen LogP contribution in [0, 0.1) is 11.6 Å². The van der Waals surface area contributed by atoms with Crippen molar-refractivity contribution in [2.45, 2.75) is 19.1 Å². The normalized spacial score (nSPS) is 15.7. The van der Waals surface area contributed by atoms with Crippen LogP contribution in [0.1, 0.15) is 12.5 Å². The van der Waals surface area contributed by atoms with Crippen LogP contribution in [0.4, 0.5) is 32.4 Å². The molecule has 1 atom stereocenters. The summed E-state index contributed by atoms with van der Waals surface area (Å²) in [6.07, 6.45) is -2.90. The van der Waals surface area contributed by atoms with E-state index in [1.54, 1.807) is 0 Å². The lowest BCUT2D eigenvalue weighted by molar-refractivity contribution is -0.136. The van der Waals surface area contributed by atoms with Gasteiger partial charge in [-0.3, -0.25) is 4.90 Å². The number of H-pyrrole nitrogens is 1. The van der Waals surface area contributed by atoms with Gasteiger partial charge in [-0.25, -0.2) is 18.6 Å². The number of aromatic nitrogens is 2. The van der Waals surface area contributed by atoms with E-state index in [9.17, 15) is 26.7 Å². The molecule has 3 heterocycles. The predicted molar refractivity (Wildman–Crippen MR) is 116 cm³/mol. The van der Waals surface area contributed by atoms with Crippen LogP contribution in [0.3, 0.4) is 0 Å². The number of carbonyl (C=O) groups excluding carboxylic acids is 1. The number of nitrogens with one attached hydrogen (secondary N) is 3. The van der Waals surface area contributed by atoms with Crippen molar-refractivity contribution < 1.29 is 36.2 Å². The molecular weight excluding hydrogens is 477 g/mol. The fourth-order valence-corrected chi connectivity index (χ4v) is 3.74. The SMILES string of the molecule is CC(CNC(=O)Nc1cc(F)c(Oc2ccnc3[nH]cc(C(F)(F)F)c23)c(F)c1)N1CCOCC1. The van der Waals surface area contributed by atoms with Crippen molar-refractivity contribution in [1.82, 2.24) is 20.2 Å². The molecule has 2 aromatic heterocycles. The van der Waals surface area contributed by atoms with Crippen LogP contribution in [0.25, 0.3) is 11.0 Å². The number of carbonyl (C=O) groups is 1. The third kappa shape index (κ3) is 5.62. The summed E-state index contributed by atoms with van der Waals surface area (Å²) < 4.78 is 79.8. The number of fused-ring (bicyclic) bond motifs is 1. The number of anilines is 1. The monoisotopic (exact) mass is 499 g/mol. The van der Waals surface area contributed by atoms with Crippen molar-refractivity contribution in [3.05, 3.63) is 47.8 Å². The molecule has 0 aliphatic carbocycles. The summed E-state index contributed by atoms with van der Waals surface area (Å²) in [5, 5.41) is 4.51. The number of nitrogens with zero attached hydrogens (tertiary/aromatic N) is 2. The highest BCUT2D eigenvalue weighted by Crippen LogP contribution is 2.40. The summed E-state index contributed by atoms with van der Waals surface area (Å²) >= 11 is 0. The van der Waals surface area contributed by atoms with Crippen molar-refractivity contribution in [1.29, 1.82) is 0 Å². The maximum absolute atomic E-state index is 14.7. The quantitative estimate of drug-likeness (QED) is 0.435. The predicted octanol–water partition coefficient (Wildman–Crippen LogP) is 4.49. The molecule has 0 bridgehead atoms. The van der Waals surface area contributed by atoms with Gasteiger partial charge in [-0.05, 0) is 13.0 Å². The number of morpholine rings is 1. The average Bonchev–Trinajstić information content (AvgIpc) is 3.26. The maximum atomic E-state index is 14.7. The Morgan fingerprint density at radius 1 is 1.26 bits per heavy atom. The number of pyridine rings is 1. The zero-order chi connectivity index (χ0) is 25.2. The minimum Gasteiger partial charge on any atom is -0.450 e. The molecule has 1 saturated heterocycles. The standard InChI is InChI=1S/C22H22F5N5O3/c1-12(32-4-6-34-7-5-32)10-30-21(33)31-13-8-15(23)19(16(24)9-13)35-17-2-3-28-20-18(17)14(11-29-20)22(25,26)27/h2-3,8-9,11-12H,4-7,10H2,1H3,(H,28,29)(H2,30,31,33). The molecule has 3 aromatic rings. The lowest BCUT2D eigenvalue weighted by atomic mass is 10.2. The van der Waals surface area contributed by atoms with Gasteiger partial charge in [0.05, 0.1) is 24.2 Å². The van der Waals surface area contributed by atoms with Crippen molar-refractivity contribution in [2.75, 3.05) is 38.2 Å². The van der Waals surface area contributed by atoms with Gasteiger partial charge in [0.2, 0.25) is 0 Å². The van der Waals surface area contributed by atoms with Gasteiger partial charge in [-0.15, -0.1) is 0 Å². The summed E-state index contributed by atoms with van der Waals surface area (Å²) in [7, 11) is 0. The number of rotatable bonds is 6. The highest BCUT2D eigenvalue weighted by molar-refractivity contribution is 5.89. The fraction of sp³-hybridized carbons (Fsp3) is 0.364. The largest absolute Gasteiger partial charge is 0.450 e. The number of amides is 2. The van der Waals surface area contributed by atoms with Gasteiger partial charge < -0.3 is 25.1 Å². The molecule has 8 nitrogen and oxygen atoms in total. The lowest BCUT2D eigenvalue weighted by Crippen LogP contribution is -2.47. The number of ether oxygens (including phenoxy) is 2. The molecule has 0 saturated carbocycles. The Kier molecular flexibility index (Phi) is 7.08. The molecule has 1 fully saturated rings. The molecule has 13 heteroatoms. The Morgan fingerprint density at radius 3 is 2.60 bits per heavy atom. The van der Waals surface area contributed by atoms with Gasteiger partial charge in [0, 0.05) is 55.9 Å². The highest BCUT2D eigenvalue weighted by atomic mass is 19.4. The van der Waals surface area contributed by atoms with Crippen molar-refractivity contribution in [3.8, 4) is 11.5 Å². The van der Waals surface area contributed by atoms with Gasteiger partial charge >= 0.3 is 12.2 Å². The zero-order valence-corrected chi connectivity index (χ0v) is 18.5. The Morgan fingerprint density at radius 2 is 1.94 bits per heavy atom. The van der Waals surface area contributed by atoms with E-state index in [0.29, 0.717) is 26.0 Å². The van der Waals surface area contributed by atoms with Gasteiger partial charge in [0.15, 0.2) is 17.4 Å². The second kappa shape index (κ2) is 10.0. The third-order valence-corrected chi connectivity index (χ3v) is 5.54. The highest BCUT2D eigenvalue weighted by Gasteiger charge is 2.35. The zero-order valence-electron chi connectivity index (χ0n) is 18.5. The summed E-state index contributed by atoms with van der Waals surface area (Å²) in [5.74, 6) is -3.78. The molecule has 0 radical (unpaired) electrons. The molecule has 1 aliphatic rings. The van der Waals surface area contributed by atoms with Crippen molar-refractivity contribution in [3.63, 3.8) is 0 Å². The average molecular weight is 499 g/mol. The van der Waals surface area contributed by atoms with E-state index in [1.165, 1.54) is 0 Å². The molecule has 188 valence electrons. The number of benzene rings is 1. The van der Waals surface area contributed by atoms with Crippen molar-refractivity contribution in [2.24, 2.45) is 0 Å². The van der Waals surface area contributed by atoms with Crippen LogP contribution in [-0.2, 0) is 10.9 Å². The second-order valence-corrected chi connectivity index (χ2v) is 7.94. The number of alkyl halides is 3. The minimum absolute atomic E-state index is 0.0288. The third-order valence-electron chi connectivity index (χ3n) is 5.54. The smallest absolute Gasteiger partial charge is 0.418 e. The van der Waals surface area contributed by atoms with Gasteiger partial charge in [-0.2, -0.15) is 13.2 Å². The first-order valence-electron chi connectivity index (χ1n) is 10.7. The summed E-state index contributed by atoms with van der Waals surface area (Å²) in [6.45, 7) is 4.92. The van der Waals surface area contributed by atoms with E-state index in [4.69, 9.17) is 9.47 Å². The number of hydrogen-bond donors (Lipinski definition) is 3. The maximum Gasteiger partial charge on any atom is 0.418 e. The van der Waals surface area contributed by atoms with Gasteiger partial charge in [0.1, 0.15) is 11.4 Å². The molecule has 1 aliphatic heterocycles. The van der Waals surface area contributed by atoms with E-state index in [1.807, 2.05) is 6.92 Å². The topological polar surface area (TPSA) is 91.5 Å². The molecular formula is C22H22F5N5O3. The minimum atomic E-state index is -4.74.